The number of nitrogens with one attached hydrogen (secondary N) is 1. The first-order valence-electron chi connectivity index (χ1n) is 6.19. The lowest BCUT2D eigenvalue weighted by Crippen LogP contribution is -2.19. The summed E-state index contributed by atoms with van der Waals surface area (Å²) in [5.41, 5.74) is 2.16. The number of likely N-dealkylation sites (N-methyl/N-ethyl adjacent to an activating group) is 1. The first kappa shape index (κ1) is 14.0. The van der Waals surface area contributed by atoms with Crippen molar-refractivity contribution in [3.05, 3.63) is 64.7 Å². The third-order valence-electron chi connectivity index (χ3n) is 3.11. The van der Waals surface area contributed by atoms with E-state index in [2.05, 4.69) is 10.3 Å². The Labute approximate surface area is 117 Å². The van der Waals surface area contributed by atoms with E-state index in [0.29, 0.717) is 5.02 Å². The van der Waals surface area contributed by atoms with E-state index in [1.165, 1.54) is 12.1 Å². The number of nitrogens with zero attached hydrogens (tertiary/aromatic N) is 1. The maximum absolute atomic E-state index is 13.0. The van der Waals surface area contributed by atoms with Crippen molar-refractivity contribution in [2.75, 3.05) is 13.6 Å². The Morgan fingerprint density at radius 2 is 2.00 bits per heavy atom. The number of hydrogen-bond donors (Lipinski definition) is 1. The molecule has 0 saturated carbocycles. The smallest absolute Gasteiger partial charge is 0.123 e. The first-order valence-corrected chi connectivity index (χ1v) is 6.57. The van der Waals surface area contributed by atoms with Crippen molar-refractivity contribution in [1.29, 1.82) is 0 Å². The van der Waals surface area contributed by atoms with Crippen LogP contribution in [-0.2, 0) is 6.42 Å². The third-order valence-corrected chi connectivity index (χ3v) is 3.46. The average Bonchev–Trinajstić information content (AvgIpc) is 2.42. The number of rotatable bonds is 5. The van der Waals surface area contributed by atoms with Crippen LogP contribution in [0.5, 0.6) is 0 Å². The largest absolute Gasteiger partial charge is 0.319 e. The fourth-order valence-corrected chi connectivity index (χ4v) is 2.32. The molecule has 1 atom stereocenters. The van der Waals surface area contributed by atoms with Gasteiger partial charge >= 0.3 is 0 Å². The molecule has 0 aliphatic heterocycles. The molecular formula is C15H16ClFN2. The molecular weight excluding hydrogens is 263 g/mol. The summed E-state index contributed by atoms with van der Waals surface area (Å²) in [5, 5.41) is 3.84. The highest BCUT2D eigenvalue weighted by Crippen LogP contribution is 2.24. The van der Waals surface area contributed by atoms with Gasteiger partial charge in [-0.15, -0.1) is 0 Å². The Morgan fingerprint density at radius 1 is 1.26 bits per heavy atom. The molecule has 1 aromatic carbocycles. The van der Waals surface area contributed by atoms with Crippen LogP contribution in [0.2, 0.25) is 5.02 Å². The van der Waals surface area contributed by atoms with Crippen LogP contribution in [0.1, 0.15) is 17.0 Å². The topological polar surface area (TPSA) is 24.9 Å². The maximum Gasteiger partial charge on any atom is 0.123 e. The summed E-state index contributed by atoms with van der Waals surface area (Å²) in [5.74, 6) is 0.0411. The highest BCUT2D eigenvalue weighted by molar-refractivity contribution is 6.31. The molecule has 0 saturated heterocycles. The summed E-state index contributed by atoms with van der Waals surface area (Å²) >= 11 is 6.14. The number of benzene rings is 1. The number of hydrogen-bond acceptors (Lipinski definition) is 2. The van der Waals surface area contributed by atoms with Gasteiger partial charge in [-0.25, -0.2) is 4.39 Å². The monoisotopic (exact) mass is 278 g/mol. The van der Waals surface area contributed by atoms with Crippen molar-refractivity contribution in [3.8, 4) is 0 Å². The highest BCUT2D eigenvalue weighted by Gasteiger charge is 2.13. The minimum Gasteiger partial charge on any atom is -0.319 e. The lowest BCUT2D eigenvalue weighted by molar-refractivity contribution is 0.611. The molecule has 0 amide bonds. The van der Waals surface area contributed by atoms with Crippen LogP contribution in [0, 0.1) is 5.82 Å². The van der Waals surface area contributed by atoms with E-state index < -0.39 is 0 Å². The van der Waals surface area contributed by atoms with Crippen LogP contribution in [-0.4, -0.2) is 18.6 Å². The van der Waals surface area contributed by atoms with E-state index in [1.54, 1.807) is 12.4 Å². The van der Waals surface area contributed by atoms with Gasteiger partial charge in [0.15, 0.2) is 0 Å². The first-order chi connectivity index (χ1) is 9.20. The van der Waals surface area contributed by atoms with Gasteiger partial charge in [0.25, 0.3) is 0 Å². The van der Waals surface area contributed by atoms with Gasteiger partial charge in [-0.2, -0.15) is 0 Å². The summed E-state index contributed by atoms with van der Waals surface area (Å²) in [7, 11) is 1.91. The van der Waals surface area contributed by atoms with Crippen LogP contribution in [0.3, 0.4) is 0 Å². The summed E-state index contributed by atoms with van der Waals surface area (Å²) in [4.78, 5) is 3.99. The molecule has 1 aromatic heterocycles. The molecule has 100 valence electrons. The van der Waals surface area contributed by atoms with Gasteiger partial charge in [0, 0.05) is 24.9 Å². The zero-order valence-electron chi connectivity index (χ0n) is 10.7. The second-order valence-corrected chi connectivity index (χ2v) is 4.88. The van der Waals surface area contributed by atoms with Crippen LogP contribution in [0.15, 0.2) is 42.7 Å². The molecule has 1 unspecified atom stereocenters. The zero-order valence-corrected chi connectivity index (χ0v) is 11.5. The molecule has 4 heteroatoms. The van der Waals surface area contributed by atoms with Crippen LogP contribution in [0.25, 0.3) is 0 Å². The van der Waals surface area contributed by atoms with Crippen molar-refractivity contribution in [3.63, 3.8) is 0 Å². The van der Waals surface area contributed by atoms with Crippen molar-refractivity contribution < 1.29 is 4.39 Å². The molecule has 19 heavy (non-hydrogen) atoms. The van der Waals surface area contributed by atoms with Gasteiger partial charge in [-0.05, 0) is 42.8 Å². The lowest BCUT2D eigenvalue weighted by Gasteiger charge is -2.17. The molecule has 2 aromatic rings. The molecule has 0 aliphatic carbocycles. The van der Waals surface area contributed by atoms with Crippen LogP contribution >= 0.6 is 11.6 Å². The minimum absolute atomic E-state index is 0.214. The van der Waals surface area contributed by atoms with E-state index in [4.69, 9.17) is 11.6 Å². The minimum atomic E-state index is -0.214. The summed E-state index contributed by atoms with van der Waals surface area (Å²) in [6.07, 6.45) is 4.19. The number of aromatic nitrogens is 1. The van der Waals surface area contributed by atoms with Gasteiger partial charge in [0.2, 0.25) is 0 Å². The van der Waals surface area contributed by atoms with E-state index in [-0.39, 0.29) is 11.7 Å². The van der Waals surface area contributed by atoms with E-state index >= 15 is 0 Å². The van der Waals surface area contributed by atoms with E-state index in [0.717, 1.165) is 24.1 Å². The third kappa shape index (κ3) is 3.75. The number of halogens is 2. The van der Waals surface area contributed by atoms with Gasteiger partial charge in [-0.3, -0.25) is 4.98 Å². The van der Waals surface area contributed by atoms with Crippen molar-refractivity contribution in [1.82, 2.24) is 10.3 Å². The zero-order chi connectivity index (χ0) is 13.7. The Kier molecular flexibility index (Phi) is 4.88. The highest BCUT2D eigenvalue weighted by atomic mass is 35.5. The Hall–Kier alpha value is -1.45. The predicted molar refractivity (Wildman–Crippen MR) is 76.0 cm³/mol. The molecule has 0 aliphatic rings. The normalized spacial score (nSPS) is 12.4. The fourth-order valence-electron chi connectivity index (χ4n) is 2.12. The summed E-state index contributed by atoms with van der Waals surface area (Å²) < 4.78 is 13.0. The molecule has 0 fully saturated rings. The van der Waals surface area contributed by atoms with Gasteiger partial charge in [0.1, 0.15) is 5.82 Å². The molecule has 0 spiro atoms. The maximum atomic E-state index is 13.0. The van der Waals surface area contributed by atoms with E-state index in [1.807, 2.05) is 25.2 Å². The molecule has 0 radical (unpaired) electrons. The van der Waals surface area contributed by atoms with Crippen molar-refractivity contribution >= 4 is 11.6 Å². The second kappa shape index (κ2) is 6.64. The quantitative estimate of drug-likeness (QED) is 0.906. The average molecular weight is 279 g/mol. The SMILES string of the molecule is CNCC(Cc1ccncc1Cl)c1ccc(F)cc1. The van der Waals surface area contributed by atoms with Gasteiger partial charge in [-0.1, -0.05) is 23.7 Å². The number of pyridine rings is 1. The Balaban J connectivity index is 2.21. The van der Waals surface area contributed by atoms with Crippen molar-refractivity contribution in [2.24, 2.45) is 0 Å². The van der Waals surface area contributed by atoms with Gasteiger partial charge in [0.05, 0.1) is 5.02 Å². The van der Waals surface area contributed by atoms with E-state index in [9.17, 15) is 4.39 Å². The Morgan fingerprint density at radius 3 is 2.63 bits per heavy atom. The van der Waals surface area contributed by atoms with Crippen LogP contribution < -0.4 is 5.32 Å². The molecule has 1 heterocycles. The second-order valence-electron chi connectivity index (χ2n) is 4.48. The van der Waals surface area contributed by atoms with Gasteiger partial charge < -0.3 is 5.32 Å². The predicted octanol–water partition coefficient (Wildman–Crippen LogP) is 3.42. The fraction of sp³-hybridized carbons (Fsp3) is 0.267. The molecule has 2 rings (SSSR count). The molecule has 2 nitrogen and oxygen atoms in total. The molecule has 1 N–H and O–H groups in total. The summed E-state index contributed by atoms with van der Waals surface area (Å²) in [6.45, 7) is 0.810. The standard InChI is InChI=1S/C15H16ClFN2/c1-18-9-13(11-2-4-14(17)5-3-11)8-12-6-7-19-10-15(12)16/h2-7,10,13,18H,8-9H2,1H3. The summed E-state index contributed by atoms with van der Waals surface area (Å²) in [6, 6.07) is 8.56. The van der Waals surface area contributed by atoms with Crippen LogP contribution in [0.4, 0.5) is 4.39 Å². The van der Waals surface area contributed by atoms with Crippen molar-refractivity contribution in [2.45, 2.75) is 12.3 Å². The Bertz CT molecular complexity index is 528. The molecule has 0 bridgehead atoms. The lowest BCUT2D eigenvalue weighted by atomic mass is 9.92.